The summed E-state index contributed by atoms with van der Waals surface area (Å²) in [5, 5.41) is 20.5. The van der Waals surface area contributed by atoms with E-state index in [4.69, 9.17) is 0 Å². The molecule has 0 aliphatic rings. The standard InChI is InChI=1S/C26H19BrFN3O/c27-19-9-10-22-20(13-19)21(16-30(22)15-17-5-2-1-3-6-17)26-25(28)24-18(14-29)7-4-8-23(24)31(26)11-12-32/h1-10,13,16,32H,11-12,15H2. The maximum atomic E-state index is 15.9. The van der Waals surface area contributed by atoms with Gasteiger partial charge in [-0.1, -0.05) is 52.3 Å². The summed E-state index contributed by atoms with van der Waals surface area (Å²) in [6, 6.07) is 23.3. The molecule has 4 nitrogen and oxygen atoms in total. The second-order valence-electron chi connectivity index (χ2n) is 7.67. The molecule has 2 aromatic heterocycles. The second kappa shape index (κ2) is 8.27. The van der Waals surface area contributed by atoms with Crippen LogP contribution in [0.2, 0.25) is 0 Å². The molecule has 5 aromatic rings. The van der Waals surface area contributed by atoms with Crippen molar-refractivity contribution < 1.29 is 9.50 Å². The molecule has 32 heavy (non-hydrogen) atoms. The van der Waals surface area contributed by atoms with E-state index in [2.05, 4.69) is 38.7 Å². The van der Waals surface area contributed by atoms with E-state index in [0.29, 0.717) is 17.8 Å². The average Bonchev–Trinajstić information content (AvgIpc) is 3.29. The molecule has 3 aromatic carbocycles. The molecule has 0 atom stereocenters. The molecule has 0 fully saturated rings. The molecule has 0 amide bonds. The molecule has 2 heterocycles. The minimum atomic E-state index is -0.440. The first-order valence-corrected chi connectivity index (χ1v) is 11.1. The van der Waals surface area contributed by atoms with Crippen molar-refractivity contribution in [2.75, 3.05) is 6.61 Å². The van der Waals surface area contributed by atoms with Crippen molar-refractivity contribution in [2.45, 2.75) is 13.1 Å². The monoisotopic (exact) mass is 487 g/mol. The molecular formula is C26H19BrFN3O. The molecule has 0 aliphatic heterocycles. The first kappa shape index (κ1) is 20.5. The molecule has 1 N–H and O–H groups in total. The SMILES string of the molecule is N#Cc1cccc2c1c(F)c(-c1cn(Cc3ccccc3)c3ccc(Br)cc13)n2CCO. The van der Waals surface area contributed by atoms with E-state index < -0.39 is 5.82 Å². The van der Waals surface area contributed by atoms with Gasteiger partial charge in [-0.05, 0) is 35.9 Å². The van der Waals surface area contributed by atoms with Crippen LogP contribution in [0.3, 0.4) is 0 Å². The number of rotatable bonds is 5. The lowest BCUT2D eigenvalue weighted by Gasteiger charge is -2.09. The Morgan fingerprint density at radius 2 is 1.81 bits per heavy atom. The normalized spacial score (nSPS) is 11.3. The van der Waals surface area contributed by atoms with Crippen LogP contribution in [-0.2, 0) is 13.1 Å². The van der Waals surface area contributed by atoms with E-state index >= 15 is 4.39 Å². The number of aliphatic hydroxyl groups excluding tert-OH is 1. The molecule has 0 saturated heterocycles. The molecule has 0 aliphatic carbocycles. The van der Waals surface area contributed by atoms with E-state index in [1.807, 2.05) is 42.6 Å². The van der Waals surface area contributed by atoms with Gasteiger partial charge in [0.25, 0.3) is 0 Å². The lowest BCUT2D eigenvalue weighted by atomic mass is 10.1. The summed E-state index contributed by atoms with van der Waals surface area (Å²) in [7, 11) is 0. The Bertz CT molecular complexity index is 1500. The van der Waals surface area contributed by atoms with Crippen LogP contribution >= 0.6 is 15.9 Å². The Hall–Kier alpha value is -3.40. The first-order valence-electron chi connectivity index (χ1n) is 10.3. The fourth-order valence-corrected chi connectivity index (χ4v) is 4.77. The van der Waals surface area contributed by atoms with Crippen molar-refractivity contribution in [3.8, 4) is 17.3 Å². The average molecular weight is 488 g/mol. The predicted octanol–water partition coefficient (Wildman–Crippen LogP) is 6.08. The summed E-state index contributed by atoms with van der Waals surface area (Å²) < 4.78 is 20.7. The topological polar surface area (TPSA) is 53.9 Å². The van der Waals surface area contributed by atoms with Crippen LogP contribution in [0.15, 0.2) is 77.4 Å². The zero-order valence-corrected chi connectivity index (χ0v) is 18.7. The first-order chi connectivity index (χ1) is 15.6. The third-order valence-corrected chi connectivity index (χ3v) is 6.26. The van der Waals surface area contributed by atoms with Gasteiger partial charge in [-0.25, -0.2) is 4.39 Å². The number of aromatic nitrogens is 2. The molecule has 0 unspecified atom stereocenters. The van der Waals surface area contributed by atoms with Crippen molar-refractivity contribution in [2.24, 2.45) is 0 Å². The summed E-state index contributed by atoms with van der Waals surface area (Å²) in [4.78, 5) is 0. The van der Waals surface area contributed by atoms with Crippen molar-refractivity contribution in [3.05, 3.63) is 94.3 Å². The quantitative estimate of drug-likeness (QED) is 0.326. The van der Waals surface area contributed by atoms with Gasteiger partial charge < -0.3 is 14.2 Å². The van der Waals surface area contributed by atoms with Gasteiger partial charge in [0.15, 0.2) is 5.82 Å². The van der Waals surface area contributed by atoms with Crippen LogP contribution in [-0.4, -0.2) is 20.8 Å². The Kier molecular flexibility index (Phi) is 5.30. The van der Waals surface area contributed by atoms with E-state index in [0.717, 1.165) is 26.5 Å². The molecule has 0 bridgehead atoms. The van der Waals surface area contributed by atoms with Crippen molar-refractivity contribution in [1.29, 1.82) is 5.26 Å². The maximum Gasteiger partial charge on any atom is 0.158 e. The Morgan fingerprint density at radius 3 is 2.56 bits per heavy atom. The Balaban J connectivity index is 1.82. The zero-order valence-electron chi connectivity index (χ0n) is 17.1. The van der Waals surface area contributed by atoms with Gasteiger partial charge in [0, 0.05) is 40.2 Å². The highest BCUT2D eigenvalue weighted by Gasteiger charge is 2.24. The Morgan fingerprint density at radius 1 is 1.00 bits per heavy atom. The minimum Gasteiger partial charge on any atom is -0.395 e. The summed E-state index contributed by atoms with van der Waals surface area (Å²) in [6.45, 7) is 0.730. The van der Waals surface area contributed by atoms with E-state index in [9.17, 15) is 10.4 Å². The minimum absolute atomic E-state index is 0.140. The molecule has 158 valence electrons. The van der Waals surface area contributed by atoms with E-state index in [1.54, 1.807) is 22.8 Å². The van der Waals surface area contributed by atoms with Gasteiger partial charge in [-0.15, -0.1) is 0 Å². The van der Waals surface area contributed by atoms with Crippen molar-refractivity contribution in [1.82, 2.24) is 9.13 Å². The number of benzene rings is 3. The van der Waals surface area contributed by atoms with Gasteiger partial charge in [-0.3, -0.25) is 0 Å². The van der Waals surface area contributed by atoms with Crippen molar-refractivity contribution in [3.63, 3.8) is 0 Å². The van der Waals surface area contributed by atoms with Crippen LogP contribution in [0.4, 0.5) is 4.39 Å². The smallest absolute Gasteiger partial charge is 0.158 e. The number of hydrogen-bond acceptors (Lipinski definition) is 2. The maximum absolute atomic E-state index is 15.9. The van der Waals surface area contributed by atoms with Crippen molar-refractivity contribution >= 4 is 37.7 Å². The fourth-order valence-electron chi connectivity index (χ4n) is 4.41. The zero-order chi connectivity index (χ0) is 22.2. The summed E-state index contributed by atoms with van der Waals surface area (Å²) in [5.74, 6) is -0.440. The van der Waals surface area contributed by atoms with Gasteiger partial charge in [0.2, 0.25) is 0 Å². The van der Waals surface area contributed by atoms with Crippen LogP contribution in [0.5, 0.6) is 0 Å². The third kappa shape index (κ3) is 3.31. The number of fused-ring (bicyclic) bond motifs is 2. The summed E-state index contributed by atoms with van der Waals surface area (Å²) in [6.07, 6.45) is 1.96. The second-order valence-corrected chi connectivity index (χ2v) is 8.58. The van der Waals surface area contributed by atoms with Gasteiger partial charge in [0.1, 0.15) is 0 Å². The van der Waals surface area contributed by atoms with Crippen LogP contribution in [0, 0.1) is 17.1 Å². The number of hydrogen-bond donors (Lipinski definition) is 1. The van der Waals surface area contributed by atoms with Crippen LogP contribution in [0.25, 0.3) is 33.1 Å². The van der Waals surface area contributed by atoms with E-state index in [-0.39, 0.29) is 24.1 Å². The van der Waals surface area contributed by atoms with E-state index in [1.165, 1.54) is 0 Å². The molecule has 0 spiro atoms. The van der Waals surface area contributed by atoms with Gasteiger partial charge in [-0.2, -0.15) is 5.26 Å². The Labute approximate surface area is 192 Å². The molecule has 0 saturated carbocycles. The molecule has 6 heteroatoms. The predicted molar refractivity (Wildman–Crippen MR) is 128 cm³/mol. The van der Waals surface area contributed by atoms with Crippen LogP contribution < -0.4 is 0 Å². The number of halogens is 2. The summed E-state index contributed by atoms with van der Waals surface area (Å²) in [5.41, 5.74) is 4.11. The molecular weight excluding hydrogens is 469 g/mol. The largest absolute Gasteiger partial charge is 0.395 e. The lowest BCUT2D eigenvalue weighted by Crippen LogP contribution is -2.04. The number of nitriles is 1. The highest BCUT2D eigenvalue weighted by molar-refractivity contribution is 9.10. The number of nitrogens with zero attached hydrogens (tertiary/aromatic N) is 3. The fraction of sp³-hybridized carbons (Fsp3) is 0.115. The highest BCUT2D eigenvalue weighted by Crippen LogP contribution is 2.39. The highest BCUT2D eigenvalue weighted by atomic mass is 79.9. The lowest BCUT2D eigenvalue weighted by molar-refractivity contribution is 0.278. The third-order valence-electron chi connectivity index (χ3n) is 5.77. The number of aliphatic hydroxyl groups is 1. The molecule has 0 radical (unpaired) electrons. The van der Waals surface area contributed by atoms with Gasteiger partial charge >= 0.3 is 0 Å². The summed E-state index contributed by atoms with van der Waals surface area (Å²) >= 11 is 3.55. The molecule has 5 rings (SSSR count). The van der Waals surface area contributed by atoms with Gasteiger partial charge in [0.05, 0.1) is 34.8 Å². The van der Waals surface area contributed by atoms with Crippen LogP contribution in [0.1, 0.15) is 11.1 Å².